The van der Waals surface area contributed by atoms with Gasteiger partial charge >= 0.3 is 5.97 Å². The zero-order valence-electron chi connectivity index (χ0n) is 6.09. The molecule has 0 aromatic rings. The van der Waals surface area contributed by atoms with Crippen molar-refractivity contribution in [1.82, 2.24) is 0 Å². The molecule has 1 rings (SSSR count). The monoisotopic (exact) mass is 187 g/mol. The predicted octanol–water partition coefficient (Wildman–Crippen LogP) is -0.310. The molecule has 0 amide bonds. The minimum absolute atomic E-state index is 0.0648. The van der Waals surface area contributed by atoms with Gasteiger partial charge in [0.15, 0.2) is 0 Å². The third-order valence-corrected chi connectivity index (χ3v) is 1.77. The first-order valence-electron chi connectivity index (χ1n) is 3.04. The number of carbonyl (C=O) groups is 2. The van der Waals surface area contributed by atoms with Crippen LogP contribution in [0.15, 0.2) is 22.4 Å². The maximum absolute atomic E-state index is 10.7. The van der Waals surface area contributed by atoms with E-state index < -0.39 is 11.9 Å². The highest BCUT2D eigenvalue weighted by Gasteiger charge is 2.24. The number of hydrogen-bond donors (Lipinski definition) is 0. The highest BCUT2D eigenvalue weighted by molar-refractivity contribution is 6.42. The minimum atomic E-state index is -1.43. The van der Waals surface area contributed by atoms with Crippen LogP contribution < -0.4 is 5.11 Å². The standard InChI is InChI=1S/C7H5ClO4/c1-3-4(2-5(9)10)12-7(11)6(3)8/h2H,1H3,(H,9,10)/p-1/b4-2+. The third-order valence-electron chi connectivity index (χ3n) is 1.33. The van der Waals surface area contributed by atoms with Gasteiger partial charge in [-0.15, -0.1) is 0 Å². The Morgan fingerprint density at radius 1 is 1.67 bits per heavy atom. The van der Waals surface area contributed by atoms with Gasteiger partial charge in [0.05, 0.1) is 5.97 Å². The molecular weight excluding hydrogens is 184 g/mol. The summed E-state index contributed by atoms with van der Waals surface area (Å²) in [5.41, 5.74) is 0.311. The van der Waals surface area contributed by atoms with Gasteiger partial charge in [0.25, 0.3) is 0 Å². The van der Waals surface area contributed by atoms with E-state index in [1.165, 1.54) is 6.92 Å². The molecule has 0 atom stereocenters. The van der Waals surface area contributed by atoms with Crippen molar-refractivity contribution in [2.45, 2.75) is 6.92 Å². The van der Waals surface area contributed by atoms with Crippen LogP contribution in [-0.2, 0) is 14.3 Å². The summed E-state index contributed by atoms with van der Waals surface area (Å²) < 4.78 is 4.49. The Morgan fingerprint density at radius 3 is 2.58 bits per heavy atom. The molecule has 0 radical (unpaired) electrons. The molecule has 0 N–H and O–H groups in total. The Bertz CT molecular complexity index is 313. The smallest absolute Gasteiger partial charge is 0.355 e. The Balaban J connectivity index is 3.02. The minimum Gasteiger partial charge on any atom is -0.545 e. The van der Waals surface area contributed by atoms with E-state index in [-0.39, 0.29) is 10.8 Å². The quantitative estimate of drug-likeness (QED) is 0.417. The SMILES string of the molecule is CC1=C(Cl)C(=O)O/C1=C/C(=O)[O-]. The third kappa shape index (κ3) is 1.48. The predicted molar refractivity (Wildman–Crippen MR) is 37.7 cm³/mol. The summed E-state index contributed by atoms with van der Waals surface area (Å²) in [6, 6.07) is 0. The lowest BCUT2D eigenvalue weighted by atomic mass is 10.2. The summed E-state index contributed by atoms with van der Waals surface area (Å²) in [4.78, 5) is 20.8. The van der Waals surface area contributed by atoms with Gasteiger partial charge in [-0.3, -0.25) is 0 Å². The summed E-state index contributed by atoms with van der Waals surface area (Å²) in [5.74, 6) is -2.23. The van der Waals surface area contributed by atoms with E-state index >= 15 is 0 Å². The van der Waals surface area contributed by atoms with Gasteiger partial charge in [0.2, 0.25) is 0 Å². The molecule has 0 unspecified atom stereocenters. The number of ether oxygens (including phenoxy) is 1. The number of carboxylic acid groups (broad SMARTS) is 1. The van der Waals surface area contributed by atoms with Crippen LogP contribution in [0.3, 0.4) is 0 Å². The van der Waals surface area contributed by atoms with Crippen LogP contribution in [0.25, 0.3) is 0 Å². The second-order valence-corrected chi connectivity index (χ2v) is 2.53. The molecular formula is C7H4ClO4-. The zero-order chi connectivity index (χ0) is 9.30. The normalized spacial score (nSPS) is 20.2. The highest BCUT2D eigenvalue weighted by atomic mass is 35.5. The average Bonchev–Trinajstić information content (AvgIpc) is 2.17. The van der Waals surface area contributed by atoms with E-state index in [4.69, 9.17) is 11.6 Å². The first-order chi connectivity index (χ1) is 5.52. The van der Waals surface area contributed by atoms with Gasteiger partial charge in [0.1, 0.15) is 10.8 Å². The number of carboxylic acids is 1. The molecule has 1 aliphatic heterocycles. The van der Waals surface area contributed by atoms with Gasteiger partial charge in [0, 0.05) is 11.6 Å². The van der Waals surface area contributed by atoms with E-state index in [0.29, 0.717) is 11.6 Å². The maximum Gasteiger partial charge on any atom is 0.355 e. The molecule has 4 nitrogen and oxygen atoms in total. The second kappa shape index (κ2) is 2.98. The fourth-order valence-electron chi connectivity index (χ4n) is 0.727. The van der Waals surface area contributed by atoms with Gasteiger partial charge in [-0.2, -0.15) is 0 Å². The molecule has 12 heavy (non-hydrogen) atoms. The van der Waals surface area contributed by atoms with Crippen molar-refractivity contribution < 1.29 is 19.4 Å². The van der Waals surface area contributed by atoms with Crippen LogP contribution in [0, 0.1) is 0 Å². The number of hydrogen-bond acceptors (Lipinski definition) is 4. The maximum atomic E-state index is 10.7. The molecule has 0 aromatic heterocycles. The van der Waals surface area contributed by atoms with Gasteiger partial charge < -0.3 is 14.6 Å². The van der Waals surface area contributed by atoms with Gasteiger partial charge in [-0.1, -0.05) is 11.6 Å². The number of aliphatic carboxylic acids is 1. The fourth-order valence-corrected chi connectivity index (χ4v) is 0.859. The summed E-state index contributed by atoms with van der Waals surface area (Å²) in [6.45, 7) is 1.49. The van der Waals surface area contributed by atoms with Crippen LogP contribution in [0.5, 0.6) is 0 Å². The van der Waals surface area contributed by atoms with E-state index in [1.807, 2.05) is 0 Å². The lowest BCUT2D eigenvalue weighted by molar-refractivity contribution is -0.297. The Morgan fingerprint density at radius 2 is 2.25 bits per heavy atom. The molecule has 0 saturated heterocycles. The first-order valence-corrected chi connectivity index (χ1v) is 3.41. The fraction of sp³-hybridized carbons (Fsp3) is 0.143. The molecule has 0 aliphatic carbocycles. The van der Waals surface area contributed by atoms with Crippen molar-refractivity contribution in [3.05, 3.63) is 22.4 Å². The van der Waals surface area contributed by atoms with Crippen LogP contribution >= 0.6 is 11.6 Å². The molecule has 64 valence electrons. The summed E-state index contributed by atoms with van der Waals surface area (Å²) in [7, 11) is 0. The number of cyclic esters (lactones) is 1. The van der Waals surface area contributed by atoms with Crippen molar-refractivity contribution in [2.24, 2.45) is 0 Å². The van der Waals surface area contributed by atoms with Crippen LogP contribution in [0.2, 0.25) is 0 Å². The van der Waals surface area contributed by atoms with Crippen molar-refractivity contribution in [2.75, 3.05) is 0 Å². The topological polar surface area (TPSA) is 66.4 Å². The lowest BCUT2D eigenvalue weighted by Crippen LogP contribution is -2.19. The molecule has 0 saturated carbocycles. The first kappa shape index (κ1) is 8.80. The number of allylic oxidation sites excluding steroid dienone is 1. The number of rotatable bonds is 1. The Kier molecular flexibility index (Phi) is 2.19. The summed E-state index contributed by atoms with van der Waals surface area (Å²) in [6.07, 6.45) is 0.683. The van der Waals surface area contributed by atoms with E-state index in [0.717, 1.165) is 0 Å². The molecule has 0 aromatic carbocycles. The summed E-state index contributed by atoms with van der Waals surface area (Å²) in [5, 5.41) is 9.97. The molecule has 1 heterocycles. The van der Waals surface area contributed by atoms with Crippen molar-refractivity contribution >= 4 is 23.5 Å². The molecule has 5 heteroatoms. The number of halogens is 1. The zero-order valence-corrected chi connectivity index (χ0v) is 6.84. The number of carbonyl (C=O) groups excluding carboxylic acids is 2. The van der Waals surface area contributed by atoms with E-state index in [2.05, 4.69) is 4.74 Å². The Labute approximate surface area is 73.1 Å². The van der Waals surface area contributed by atoms with E-state index in [1.54, 1.807) is 0 Å². The summed E-state index contributed by atoms with van der Waals surface area (Å²) >= 11 is 5.44. The van der Waals surface area contributed by atoms with Crippen LogP contribution in [-0.4, -0.2) is 11.9 Å². The van der Waals surface area contributed by atoms with Crippen molar-refractivity contribution in [3.8, 4) is 0 Å². The van der Waals surface area contributed by atoms with E-state index in [9.17, 15) is 14.7 Å². The highest BCUT2D eigenvalue weighted by Crippen LogP contribution is 2.27. The Hall–Kier alpha value is -1.29. The van der Waals surface area contributed by atoms with Crippen LogP contribution in [0.4, 0.5) is 0 Å². The molecule has 0 bridgehead atoms. The second-order valence-electron chi connectivity index (χ2n) is 2.16. The van der Waals surface area contributed by atoms with Gasteiger partial charge in [-0.25, -0.2) is 4.79 Å². The molecule has 0 spiro atoms. The van der Waals surface area contributed by atoms with Crippen molar-refractivity contribution in [1.29, 1.82) is 0 Å². The largest absolute Gasteiger partial charge is 0.545 e. The van der Waals surface area contributed by atoms with Gasteiger partial charge in [-0.05, 0) is 6.92 Å². The van der Waals surface area contributed by atoms with Crippen LogP contribution in [0.1, 0.15) is 6.92 Å². The molecule has 0 fully saturated rings. The average molecular weight is 188 g/mol. The number of esters is 1. The molecule has 1 aliphatic rings. The van der Waals surface area contributed by atoms with Crippen molar-refractivity contribution in [3.63, 3.8) is 0 Å². The lowest BCUT2D eigenvalue weighted by Gasteiger charge is -1.98.